The van der Waals surface area contributed by atoms with Gasteiger partial charge in [-0.1, -0.05) is 53.5 Å². The monoisotopic (exact) mass is 353 g/mol. The Labute approximate surface area is 145 Å². The van der Waals surface area contributed by atoms with Gasteiger partial charge in [0.15, 0.2) is 5.75 Å². The van der Waals surface area contributed by atoms with Crippen LogP contribution in [0.4, 0.5) is 0 Å². The molecule has 0 aromatic heterocycles. The van der Waals surface area contributed by atoms with E-state index >= 15 is 0 Å². The van der Waals surface area contributed by atoms with E-state index in [-0.39, 0.29) is 27.7 Å². The number of hydrogen-bond donors (Lipinski definition) is 3. The van der Waals surface area contributed by atoms with Crippen LogP contribution < -0.4 is 10.2 Å². The summed E-state index contributed by atoms with van der Waals surface area (Å²) in [6.07, 6.45) is 0. The quantitative estimate of drug-likeness (QED) is 0.772. The Morgan fingerprint density at radius 2 is 1.74 bits per heavy atom. The van der Waals surface area contributed by atoms with E-state index in [2.05, 4.69) is 5.32 Å². The first-order valence-electron chi connectivity index (χ1n) is 7.21. The molecule has 3 N–H and O–H groups in total. The summed E-state index contributed by atoms with van der Waals surface area (Å²) in [6.45, 7) is 0.474. The lowest BCUT2D eigenvalue weighted by atomic mass is 10.1. The maximum Gasteiger partial charge on any atom is 0.251 e. The van der Waals surface area contributed by atoms with Gasteiger partial charge in [-0.3, -0.25) is 4.79 Å². The predicted octanol–water partition coefficient (Wildman–Crippen LogP) is 2.31. The number of phenolic OH excluding ortho intramolecular Hbond substituents is 1. The van der Waals surface area contributed by atoms with Gasteiger partial charge in [-0.2, -0.15) is 0 Å². The Hall–Kier alpha value is -1.75. The maximum atomic E-state index is 12.3. The number of amides is 1. The number of rotatable bonds is 5. The number of nitrogens with one attached hydrogen (secondary N) is 2. The molecule has 1 amide bonds. The number of likely N-dealkylation sites (N-methyl/N-ethyl adjacent to an activating group) is 1. The van der Waals surface area contributed by atoms with Crippen LogP contribution in [0.2, 0.25) is 10.0 Å². The second kappa shape index (κ2) is 7.68. The Bertz CT molecular complexity index is 667. The first-order chi connectivity index (χ1) is 10.9. The maximum absolute atomic E-state index is 12.3. The fourth-order valence-corrected chi connectivity index (χ4v) is 2.82. The molecule has 0 aliphatic carbocycles. The molecule has 0 spiro atoms. The van der Waals surface area contributed by atoms with Crippen molar-refractivity contribution < 1.29 is 14.8 Å². The minimum Gasteiger partial charge on any atom is -0.505 e. The second-order valence-corrected chi connectivity index (χ2v) is 6.35. The third kappa shape index (κ3) is 4.38. The fraction of sp³-hybridized carbons (Fsp3) is 0.235. The molecule has 4 nitrogen and oxygen atoms in total. The van der Waals surface area contributed by atoms with Crippen LogP contribution in [-0.4, -0.2) is 31.7 Å². The van der Waals surface area contributed by atoms with Gasteiger partial charge in [-0.05, 0) is 12.1 Å². The normalized spacial score (nSPS) is 12.2. The third-order valence-electron chi connectivity index (χ3n) is 3.64. The number of phenols is 1. The number of benzene rings is 2. The SMILES string of the molecule is C[NH+](C)[C@@H](CNC(=O)c1cc(Cl)c(O)c(Cl)c1)c1ccccc1. The summed E-state index contributed by atoms with van der Waals surface area (Å²) in [7, 11) is 4.08. The molecular weight excluding hydrogens is 335 g/mol. The summed E-state index contributed by atoms with van der Waals surface area (Å²) >= 11 is 11.7. The average Bonchev–Trinajstić information content (AvgIpc) is 2.52. The summed E-state index contributed by atoms with van der Waals surface area (Å²) in [6, 6.07) is 12.9. The molecule has 0 unspecified atom stereocenters. The highest BCUT2D eigenvalue weighted by Crippen LogP contribution is 2.32. The highest BCUT2D eigenvalue weighted by molar-refractivity contribution is 6.37. The van der Waals surface area contributed by atoms with Crippen LogP contribution in [0.1, 0.15) is 22.0 Å². The first-order valence-corrected chi connectivity index (χ1v) is 7.97. The van der Waals surface area contributed by atoms with Crippen molar-refractivity contribution in [2.75, 3.05) is 20.6 Å². The Morgan fingerprint density at radius 1 is 1.17 bits per heavy atom. The molecule has 0 saturated heterocycles. The van der Waals surface area contributed by atoms with Gasteiger partial charge in [0, 0.05) is 11.1 Å². The van der Waals surface area contributed by atoms with Gasteiger partial charge in [0.25, 0.3) is 5.91 Å². The van der Waals surface area contributed by atoms with Gasteiger partial charge < -0.3 is 15.3 Å². The van der Waals surface area contributed by atoms with E-state index in [4.69, 9.17) is 23.2 Å². The van der Waals surface area contributed by atoms with Crippen LogP contribution in [-0.2, 0) is 0 Å². The summed E-state index contributed by atoms with van der Waals surface area (Å²) in [5.41, 5.74) is 1.47. The lowest BCUT2D eigenvalue weighted by Gasteiger charge is -2.22. The van der Waals surface area contributed by atoms with Crippen molar-refractivity contribution in [3.8, 4) is 5.75 Å². The van der Waals surface area contributed by atoms with E-state index in [9.17, 15) is 9.90 Å². The van der Waals surface area contributed by atoms with E-state index in [1.54, 1.807) is 0 Å². The molecule has 0 aliphatic heterocycles. The van der Waals surface area contributed by atoms with Crippen molar-refractivity contribution in [1.82, 2.24) is 5.32 Å². The summed E-state index contributed by atoms with van der Waals surface area (Å²) in [4.78, 5) is 13.5. The number of carbonyl (C=O) groups excluding carboxylic acids is 1. The van der Waals surface area contributed by atoms with Gasteiger partial charge in [-0.25, -0.2) is 0 Å². The van der Waals surface area contributed by atoms with Crippen LogP contribution in [0.3, 0.4) is 0 Å². The molecule has 2 aromatic carbocycles. The number of aromatic hydroxyl groups is 1. The molecule has 0 saturated carbocycles. The standard InChI is InChI=1S/C17H18Cl2N2O2/c1-21(2)15(11-6-4-3-5-7-11)10-20-17(23)12-8-13(18)16(22)14(19)9-12/h3-9,15,22H,10H2,1-2H3,(H,20,23)/p+1/t15-/m0/s1. The van der Waals surface area contributed by atoms with Crippen LogP contribution in [0.25, 0.3) is 0 Å². The largest absolute Gasteiger partial charge is 0.505 e. The molecule has 122 valence electrons. The van der Waals surface area contributed by atoms with E-state index in [0.717, 1.165) is 5.56 Å². The Kier molecular flexibility index (Phi) is 5.88. The van der Waals surface area contributed by atoms with E-state index in [1.165, 1.54) is 17.0 Å². The van der Waals surface area contributed by atoms with Crippen molar-refractivity contribution in [3.63, 3.8) is 0 Å². The van der Waals surface area contributed by atoms with Crippen LogP contribution in [0.5, 0.6) is 5.75 Å². The Morgan fingerprint density at radius 3 is 2.26 bits per heavy atom. The molecular formula is C17H19Cl2N2O2+. The first kappa shape index (κ1) is 17.6. The lowest BCUT2D eigenvalue weighted by Crippen LogP contribution is -3.07. The smallest absolute Gasteiger partial charge is 0.251 e. The molecule has 2 rings (SSSR count). The molecule has 23 heavy (non-hydrogen) atoms. The highest BCUT2D eigenvalue weighted by Gasteiger charge is 2.19. The minimum atomic E-state index is -0.281. The van der Waals surface area contributed by atoms with Crippen LogP contribution in [0, 0.1) is 0 Å². The van der Waals surface area contributed by atoms with Crippen molar-refractivity contribution in [1.29, 1.82) is 0 Å². The number of hydrogen-bond acceptors (Lipinski definition) is 2. The zero-order chi connectivity index (χ0) is 17.0. The molecule has 1 atom stereocenters. The highest BCUT2D eigenvalue weighted by atomic mass is 35.5. The molecule has 0 fully saturated rings. The van der Waals surface area contributed by atoms with Crippen molar-refractivity contribution >= 4 is 29.1 Å². The molecule has 0 aliphatic rings. The zero-order valence-corrected chi connectivity index (χ0v) is 14.4. The van der Waals surface area contributed by atoms with Gasteiger partial charge in [0.1, 0.15) is 6.04 Å². The molecule has 0 radical (unpaired) electrons. The minimum absolute atomic E-state index is 0.0560. The lowest BCUT2D eigenvalue weighted by molar-refractivity contribution is -0.890. The van der Waals surface area contributed by atoms with Crippen LogP contribution >= 0.6 is 23.2 Å². The Balaban J connectivity index is 2.11. The van der Waals surface area contributed by atoms with Crippen LogP contribution in [0.15, 0.2) is 42.5 Å². The van der Waals surface area contributed by atoms with E-state index in [1.807, 2.05) is 44.4 Å². The molecule has 0 heterocycles. The zero-order valence-electron chi connectivity index (χ0n) is 12.9. The summed E-state index contributed by atoms with van der Waals surface area (Å²) in [5.74, 6) is -0.499. The molecule has 2 aromatic rings. The summed E-state index contributed by atoms with van der Waals surface area (Å²) < 4.78 is 0. The fourth-order valence-electron chi connectivity index (χ4n) is 2.33. The van der Waals surface area contributed by atoms with Crippen molar-refractivity contribution in [2.24, 2.45) is 0 Å². The topological polar surface area (TPSA) is 53.8 Å². The number of halogens is 2. The number of carbonyl (C=O) groups is 1. The van der Waals surface area contributed by atoms with Gasteiger partial charge in [-0.15, -0.1) is 0 Å². The van der Waals surface area contributed by atoms with Crippen molar-refractivity contribution in [3.05, 3.63) is 63.6 Å². The van der Waals surface area contributed by atoms with E-state index < -0.39 is 0 Å². The third-order valence-corrected chi connectivity index (χ3v) is 4.22. The van der Waals surface area contributed by atoms with Gasteiger partial charge >= 0.3 is 0 Å². The van der Waals surface area contributed by atoms with E-state index in [0.29, 0.717) is 12.1 Å². The number of quaternary nitrogens is 1. The summed E-state index contributed by atoms with van der Waals surface area (Å²) in [5, 5.41) is 12.6. The van der Waals surface area contributed by atoms with Gasteiger partial charge in [0.05, 0.1) is 30.7 Å². The molecule has 6 heteroatoms. The average molecular weight is 354 g/mol. The van der Waals surface area contributed by atoms with Gasteiger partial charge in [0.2, 0.25) is 0 Å². The molecule has 0 bridgehead atoms. The predicted molar refractivity (Wildman–Crippen MR) is 92.5 cm³/mol. The van der Waals surface area contributed by atoms with Crippen molar-refractivity contribution in [2.45, 2.75) is 6.04 Å². The second-order valence-electron chi connectivity index (χ2n) is 5.54.